The molecule has 3 aromatic carbocycles. The van der Waals surface area contributed by atoms with Crippen LogP contribution in [0.15, 0.2) is 48.5 Å². The summed E-state index contributed by atoms with van der Waals surface area (Å²) in [5, 5.41) is 89.1. The fraction of sp³-hybridized carbons (Fsp3) is 0.259. The summed E-state index contributed by atoms with van der Waals surface area (Å²) in [5.74, 6) is -7.46. The van der Waals surface area contributed by atoms with Gasteiger partial charge in [-0.2, -0.15) is 0 Å². The summed E-state index contributed by atoms with van der Waals surface area (Å²) in [5.41, 5.74) is -0.559. The number of phenols is 6. The predicted octanol–water partition coefficient (Wildman–Crippen LogP) is 0.321. The van der Waals surface area contributed by atoms with Crippen LogP contribution in [-0.4, -0.2) is 95.2 Å². The lowest BCUT2D eigenvalue weighted by molar-refractivity contribution is -0.276. The highest BCUT2D eigenvalue weighted by Gasteiger charge is 2.48. The van der Waals surface area contributed by atoms with Crippen molar-refractivity contribution < 1.29 is 74.5 Å². The molecule has 1 aliphatic heterocycles. The van der Waals surface area contributed by atoms with Gasteiger partial charge in [0.25, 0.3) is 0 Å². The van der Waals surface area contributed by atoms with Gasteiger partial charge in [-0.05, 0) is 30.3 Å². The van der Waals surface area contributed by atoms with Crippen molar-refractivity contribution in [1.29, 1.82) is 0 Å². The Labute approximate surface area is 236 Å². The Hall–Kier alpha value is -4.96. The van der Waals surface area contributed by atoms with Gasteiger partial charge in [0.05, 0.1) is 17.7 Å². The van der Waals surface area contributed by atoms with Gasteiger partial charge in [0, 0.05) is 5.56 Å². The normalized spacial score (nSPS) is 21.8. The molecule has 0 bridgehead atoms. The molecule has 0 radical (unpaired) electrons. The largest absolute Gasteiger partial charge is 0.504 e. The molecule has 1 saturated heterocycles. The molecule has 0 amide bonds. The van der Waals surface area contributed by atoms with Gasteiger partial charge in [-0.15, -0.1) is 0 Å². The Morgan fingerprint density at radius 3 is 1.83 bits per heavy atom. The lowest BCUT2D eigenvalue weighted by Crippen LogP contribution is -2.61. The molecule has 42 heavy (non-hydrogen) atoms. The van der Waals surface area contributed by atoms with E-state index in [9.17, 15) is 55.5 Å². The first kappa shape index (κ1) is 30.0. The molecule has 15 nitrogen and oxygen atoms in total. The molecule has 0 aliphatic carbocycles. The van der Waals surface area contributed by atoms with Gasteiger partial charge in [-0.3, -0.25) is 0 Å². The van der Waals surface area contributed by atoms with Gasteiger partial charge in [-0.1, -0.05) is 18.2 Å². The van der Waals surface area contributed by atoms with Gasteiger partial charge in [0.1, 0.15) is 30.7 Å². The van der Waals surface area contributed by atoms with Gasteiger partial charge >= 0.3 is 11.9 Å². The lowest BCUT2D eigenvalue weighted by atomic mass is 9.98. The Bertz CT molecular complexity index is 1430. The van der Waals surface area contributed by atoms with E-state index < -0.39 is 101 Å². The Kier molecular flexibility index (Phi) is 8.77. The number of aromatic hydroxyl groups is 6. The van der Waals surface area contributed by atoms with Crippen LogP contribution in [0, 0.1) is 0 Å². The van der Waals surface area contributed by atoms with Crippen molar-refractivity contribution in [3.05, 3.63) is 65.2 Å². The number of phenolic OH excluding ortho intramolecular Hbond substituents is 6. The van der Waals surface area contributed by atoms with Crippen LogP contribution in [0.25, 0.3) is 0 Å². The van der Waals surface area contributed by atoms with Gasteiger partial charge < -0.3 is 64.9 Å². The summed E-state index contributed by atoms with van der Waals surface area (Å²) < 4.78 is 21.8. The lowest BCUT2D eigenvalue weighted by Gasteiger charge is -2.41. The Morgan fingerprint density at radius 2 is 1.29 bits per heavy atom. The molecule has 1 fully saturated rings. The molecule has 0 unspecified atom stereocenters. The van der Waals surface area contributed by atoms with Crippen molar-refractivity contribution in [2.24, 2.45) is 0 Å². The third-order valence-corrected chi connectivity index (χ3v) is 6.26. The molecule has 5 atom stereocenters. The zero-order chi connectivity index (χ0) is 30.7. The molecule has 0 saturated carbocycles. The smallest absolute Gasteiger partial charge is 0.338 e. The first-order valence-corrected chi connectivity index (χ1v) is 12.2. The van der Waals surface area contributed by atoms with Crippen molar-refractivity contribution in [3.63, 3.8) is 0 Å². The highest BCUT2D eigenvalue weighted by Crippen LogP contribution is 2.37. The van der Waals surface area contributed by atoms with Gasteiger partial charge in [-0.25, -0.2) is 9.59 Å². The third-order valence-electron chi connectivity index (χ3n) is 6.26. The van der Waals surface area contributed by atoms with Gasteiger partial charge in [0.15, 0.2) is 40.6 Å². The van der Waals surface area contributed by atoms with Crippen LogP contribution < -0.4 is 4.74 Å². The van der Waals surface area contributed by atoms with E-state index in [0.717, 1.165) is 24.3 Å². The molecule has 9 N–H and O–H groups in total. The second kappa shape index (κ2) is 12.3. The number of carbonyl (C=O) groups excluding carboxylic acids is 2. The summed E-state index contributed by atoms with van der Waals surface area (Å²) in [6.07, 6.45) is -8.74. The molecular formula is C27H26O15. The standard InChI is InChI=1S/C27H26O15/c28-9-11-3-1-2-4-18(11)40-27-23(36)22(35)24(42-26(38)13-7-16(31)21(34)17(32)8-13)19(41-27)10-39-25(37)12-5-14(29)20(33)15(30)6-12/h1-8,19,22-24,27-36H,9-10H2/t19-,22-,23-,24-,27-/m1/s1. The van der Waals surface area contributed by atoms with Crippen LogP contribution in [0.4, 0.5) is 0 Å². The van der Waals surface area contributed by atoms with E-state index in [-0.39, 0.29) is 5.75 Å². The zero-order valence-electron chi connectivity index (χ0n) is 21.4. The fourth-order valence-electron chi connectivity index (χ4n) is 4.03. The number of esters is 2. The van der Waals surface area contributed by atoms with E-state index in [4.69, 9.17) is 18.9 Å². The predicted molar refractivity (Wildman–Crippen MR) is 136 cm³/mol. The van der Waals surface area contributed by atoms with Crippen molar-refractivity contribution in [2.75, 3.05) is 6.61 Å². The minimum absolute atomic E-state index is 0.0764. The number of hydrogen-bond donors (Lipinski definition) is 9. The van der Waals surface area contributed by atoms with Gasteiger partial charge in [0.2, 0.25) is 6.29 Å². The fourth-order valence-corrected chi connectivity index (χ4v) is 4.03. The van der Waals surface area contributed by atoms with Crippen LogP contribution in [0.5, 0.6) is 40.2 Å². The quantitative estimate of drug-likeness (QED) is 0.126. The SMILES string of the molecule is O=C(OC[C@H]1O[C@@H](Oc2ccccc2CO)[C@H](O)[C@@H](O)[C@@H]1OC(=O)c1cc(O)c(O)c(O)c1)c1cc(O)c(O)c(O)c1. The first-order chi connectivity index (χ1) is 19.9. The number of para-hydroxylation sites is 1. The minimum atomic E-state index is -1.93. The minimum Gasteiger partial charge on any atom is -0.504 e. The highest BCUT2D eigenvalue weighted by molar-refractivity contribution is 5.92. The summed E-state index contributed by atoms with van der Waals surface area (Å²) in [6, 6.07) is 9.28. The molecule has 15 heteroatoms. The number of ether oxygens (including phenoxy) is 4. The maximum absolute atomic E-state index is 12.8. The topological polar surface area (TPSA) is 253 Å². The molecule has 0 aromatic heterocycles. The van der Waals surface area contributed by atoms with Crippen molar-refractivity contribution in [1.82, 2.24) is 0 Å². The van der Waals surface area contributed by atoms with Crippen molar-refractivity contribution in [2.45, 2.75) is 37.3 Å². The summed E-state index contributed by atoms with van der Waals surface area (Å²) in [7, 11) is 0. The molecule has 1 heterocycles. The average molecular weight is 590 g/mol. The second-order valence-electron chi connectivity index (χ2n) is 9.10. The molecule has 0 spiro atoms. The number of aliphatic hydroxyl groups is 3. The molecule has 3 aromatic rings. The Morgan fingerprint density at radius 1 is 0.762 bits per heavy atom. The number of carbonyl (C=O) groups is 2. The third kappa shape index (κ3) is 6.18. The first-order valence-electron chi connectivity index (χ1n) is 12.2. The van der Waals surface area contributed by atoms with Crippen LogP contribution in [0.1, 0.15) is 26.3 Å². The van der Waals surface area contributed by atoms with E-state index in [2.05, 4.69) is 0 Å². The van der Waals surface area contributed by atoms with Crippen LogP contribution in [-0.2, 0) is 20.8 Å². The van der Waals surface area contributed by atoms with Crippen LogP contribution in [0.2, 0.25) is 0 Å². The van der Waals surface area contributed by atoms with E-state index in [1.54, 1.807) is 12.1 Å². The van der Waals surface area contributed by atoms with Crippen molar-refractivity contribution in [3.8, 4) is 40.2 Å². The summed E-state index contributed by atoms with van der Waals surface area (Å²) in [4.78, 5) is 25.5. The molecule has 1 aliphatic rings. The number of rotatable bonds is 8. The summed E-state index contributed by atoms with van der Waals surface area (Å²) in [6.45, 7) is -1.21. The van der Waals surface area contributed by atoms with E-state index in [1.807, 2.05) is 0 Å². The molecular weight excluding hydrogens is 564 g/mol. The second-order valence-corrected chi connectivity index (χ2v) is 9.10. The van der Waals surface area contributed by atoms with E-state index in [1.165, 1.54) is 12.1 Å². The molecule has 224 valence electrons. The zero-order valence-corrected chi connectivity index (χ0v) is 21.4. The van der Waals surface area contributed by atoms with E-state index >= 15 is 0 Å². The Balaban J connectivity index is 1.59. The maximum atomic E-state index is 12.8. The van der Waals surface area contributed by atoms with Crippen LogP contribution >= 0.6 is 0 Å². The number of aliphatic hydroxyl groups excluding tert-OH is 3. The number of benzene rings is 3. The maximum Gasteiger partial charge on any atom is 0.338 e. The monoisotopic (exact) mass is 590 g/mol. The summed E-state index contributed by atoms with van der Waals surface area (Å²) >= 11 is 0. The van der Waals surface area contributed by atoms with Crippen LogP contribution in [0.3, 0.4) is 0 Å². The molecule has 4 rings (SSSR count). The van der Waals surface area contributed by atoms with Crippen molar-refractivity contribution >= 4 is 11.9 Å². The number of hydrogen-bond acceptors (Lipinski definition) is 15. The average Bonchev–Trinajstić information content (AvgIpc) is 2.97. The van der Waals surface area contributed by atoms with E-state index in [0.29, 0.717) is 5.56 Å². The highest BCUT2D eigenvalue weighted by atomic mass is 16.7.